The van der Waals surface area contributed by atoms with Gasteiger partial charge in [0, 0.05) is 24.2 Å². The molecule has 2 aromatic carbocycles. The van der Waals surface area contributed by atoms with Crippen molar-refractivity contribution in [2.75, 3.05) is 23.7 Å². The highest BCUT2D eigenvalue weighted by molar-refractivity contribution is 6.30. The smallest absolute Gasteiger partial charge is 0.293 e. The van der Waals surface area contributed by atoms with E-state index in [-0.39, 0.29) is 5.69 Å². The number of aromatic nitrogens is 4. The minimum Gasteiger partial charge on any atom is -0.378 e. The van der Waals surface area contributed by atoms with Crippen LogP contribution in [0.25, 0.3) is 5.69 Å². The van der Waals surface area contributed by atoms with E-state index in [0.29, 0.717) is 29.7 Å². The monoisotopic (exact) mass is 359 g/mol. The fourth-order valence-electron chi connectivity index (χ4n) is 2.22. The molecule has 1 heterocycles. The second-order valence-electron chi connectivity index (χ2n) is 5.02. The van der Waals surface area contributed by atoms with Crippen molar-refractivity contribution in [3.63, 3.8) is 0 Å². The number of anilines is 2. The highest BCUT2D eigenvalue weighted by atomic mass is 35.5. The lowest BCUT2D eigenvalue weighted by Crippen LogP contribution is -2.17. The molecule has 0 aliphatic heterocycles. The largest absolute Gasteiger partial charge is 0.378 e. The van der Waals surface area contributed by atoms with Crippen molar-refractivity contribution < 1.29 is 4.92 Å². The maximum Gasteiger partial charge on any atom is 0.293 e. The first-order valence-corrected chi connectivity index (χ1v) is 7.78. The van der Waals surface area contributed by atoms with Crippen molar-refractivity contribution in [3.8, 4) is 5.69 Å². The maximum atomic E-state index is 11.1. The van der Waals surface area contributed by atoms with Crippen LogP contribution in [0.1, 0.15) is 0 Å². The molecule has 9 nitrogen and oxygen atoms in total. The van der Waals surface area contributed by atoms with Crippen molar-refractivity contribution >= 4 is 28.9 Å². The normalized spacial score (nSPS) is 10.4. The Hall–Kier alpha value is -3.20. The molecule has 3 rings (SSSR count). The summed E-state index contributed by atoms with van der Waals surface area (Å²) in [4.78, 5) is 10.6. The lowest BCUT2D eigenvalue weighted by atomic mass is 10.2. The molecule has 0 spiro atoms. The Morgan fingerprint density at radius 1 is 1.12 bits per heavy atom. The Balaban J connectivity index is 1.60. The molecule has 0 fully saturated rings. The van der Waals surface area contributed by atoms with Crippen molar-refractivity contribution in [1.82, 2.24) is 20.2 Å². The van der Waals surface area contributed by atoms with Gasteiger partial charge in [-0.05, 0) is 34.7 Å². The summed E-state index contributed by atoms with van der Waals surface area (Å²) < 4.78 is 1.57. The standard InChI is InChI=1S/C15H14ClN7O2/c16-11-6-7-13(14(10-11)23(24)25)17-8-9-18-15-19-20-21-22(15)12-4-2-1-3-5-12/h1-7,10,17H,8-9H2,(H,18,19,21). The number of rotatable bonds is 7. The molecule has 0 unspecified atom stereocenters. The lowest BCUT2D eigenvalue weighted by molar-refractivity contribution is -0.383. The molecule has 10 heteroatoms. The van der Waals surface area contributed by atoms with Crippen molar-refractivity contribution in [1.29, 1.82) is 0 Å². The van der Waals surface area contributed by atoms with E-state index in [1.165, 1.54) is 6.07 Å². The molecular weight excluding hydrogens is 346 g/mol. The molecule has 0 aliphatic rings. The predicted molar refractivity (Wildman–Crippen MR) is 94.2 cm³/mol. The SMILES string of the molecule is O=[N+]([O-])c1cc(Cl)ccc1NCCNc1nnnn1-c1ccccc1. The molecule has 0 atom stereocenters. The molecule has 3 aromatic rings. The average molecular weight is 360 g/mol. The first kappa shape index (κ1) is 16.7. The summed E-state index contributed by atoms with van der Waals surface area (Å²) in [7, 11) is 0. The third kappa shape index (κ3) is 4.01. The van der Waals surface area contributed by atoms with E-state index in [9.17, 15) is 10.1 Å². The highest BCUT2D eigenvalue weighted by Crippen LogP contribution is 2.27. The van der Waals surface area contributed by atoms with Crippen molar-refractivity contribution in [2.24, 2.45) is 0 Å². The number of nitrogens with one attached hydrogen (secondary N) is 2. The van der Waals surface area contributed by atoms with Gasteiger partial charge in [0.05, 0.1) is 10.6 Å². The van der Waals surface area contributed by atoms with Crippen LogP contribution in [0.5, 0.6) is 0 Å². The summed E-state index contributed by atoms with van der Waals surface area (Å²) in [6.07, 6.45) is 0. The first-order valence-electron chi connectivity index (χ1n) is 7.40. The van der Waals surface area contributed by atoms with Crippen LogP contribution in [0, 0.1) is 10.1 Å². The molecule has 25 heavy (non-hydrogen) atoms. The van der Waals surface area contributed by atoms with Gasteiger partial charge in [0.2, 0.25) is 5.95 Å². The summed E-state index contributed by atoms with van der Waals surface area (Å²) in [5, 5.41) is 29.0. The van der Waals surface area contributed by atoms with Crippen molar-refractivity contribution in [3.05, 3.63) is 63.7 Å². The van der Waals surface area contributed by atoms with E-state index in [2.05, 4.69) is 26.2 Å². The van der Waals surface area contributed by atoms with Gasteiger partial charge in [-0.15, -0.1) is 0 Å². The molecule has 0 saturated carbocycles. The van der Waals surface area contributed by atoms with Gasteiger partial charge < -0.3 is 10.6 Å². The summed E-state index contributed by atoms with van der Waals surface area (Å²) in [5.41, 5.74) is 1.16. The van der Waals surface area contributed by atoms with Gasteiger partial charge in [0.1, 0.15) is 5.69 Å². The number of nitrogens with zero attached hydrogens (tertiary/aromatic N) is 5. The fourth-order valence-corrected chi connectivity index (χ4v) is 2.38. The van der Waals surface area contributed by atoms with Gasteiger partial charge in [-0.25, -0.2) is 0 Å². The summed E-state index contributed by atoms with van der Waals surface area (Å²) >= 11 is 5.80. The van der Waals surface area contributed by atoms with Gasteiger partial charge >= 0.3 is 0 Å². The molecule has 0 saturated heterocycles. The molecule has 128 valence electrons. The quantitative estimate of drug-likeness (QED) is 0.379. The summed E-state index contributed by atoms with van der Waals surface area (Å²) in [5.74, 6) is 0.485. The zero-order valence-corrected chi connectivity index (χ0v) is 13.7. The first-order chi connectivity index (χ1) is 12.1. The number of hydrogen-bond acceptors (Lipinski definition) is 7. The van der Waals surface area contributed by atoms with E-state index < -0.39 is 4.92 Å². The molecule has 1 aromatic heterocycles. The van der Waals surface area contributed by atoms with Crippen LogP contribution in [0.4, 0.5) is 17.3 Å². The Labute approximate surface area is 147 Å². The minimum absolute atomic E-state index is 0.0679. The fraction of sp³-hybridized carbons (Fsp3) is 0.133. The predicted octanol–water partition coefficient (Wildman–Crippen LogP) is 2.75. The highest BCUT2D eigenvalue weighted by Gasteiger charge is 2.14. The van der Waals surface area contributed by atoms with Crippen LogP contribution in [0.15, 0.2) is 48.5 Å². The molecule has 0 amide bonds. The Kier molecular flexibility index (Phi) is 5.05. The number of benzene rings is 2. The van der Waals surface area contributed by atoms with E-state index in [1.807, 2.05) is 30.3 Å². The second-order valence-corrected chi connectivity index (χ2v) is 5.46. The van der Waals surface area contributed by atoms with Crippen LogP contribution < -0.4 is 10.6 Å². The lowest BCUT2D eigenvalue weighted by Gasteiger charge is -2.09. The topological polar surface area (TPSA) is 111 Å². The van der Waals surface area contributed by atoms with Gasteiger partial charge in [-0.2, -0.15) is 4.68 Å². The Bertz CT molecular complexity index is 869. The van der Waals surface area contributed by atoms with Gasteiger partial charge in [0.25, 0.3) is 5.69 Å². The zero-order valence-electron chi connectivity index (χ0n) is 13.0. The number of nitro groups is 1. The zero-order chi connectivity index (χ0) is 17.6. The summed E-state index contributed by atoms with van der Waals surface area (Å²) in [6.45, 7) is 0.900. The van der Waals surface area contributed by atoms with Crippen molar-refractivity contribution in [2.45, 2.75) is 0 Å². The average Bonchev–Trinajstić information content (AvgIpc) is 3.09. The van der Waals surface area contributed by atoms with Crippen LogP contribution in [0.3, 0.4) is 0 Å². The van der Waals surface area contributed by atoms with Crippen LogP contribution in [0.2, 0.25) is 5.02 Å². The number of hydrogen-bond donors (Lipinski definition) is 2. The third-order valence-electron chi connectivity index (χ3n) is 3.35. The third-order valence-corrected chi connectivity index (χ3v) is 3.59. The van der Waals surface area contributed by atoms with Gasteiger partial charge in [-0.1, -0.05) is 34.9 Å². The summed E-state index contributed by atoms with van der Waals surface area (Å²) in [6, 6.07) is 13.9. The van der Waals surface area contributed by atoms with E-state index in [4.69, 9.17) is 11.6 Å². The van der Waals surface area contributed by atoms with Crippen LogP contribution in [-0.2, 0) is 0 Å². The molecule has 0 radical (unpaired) electrons. The molecule has 2 N–H and O–H groups in total. The second kappa shape index (κ2) is 7.58. The van der Waals surface area contributed by atoms with Crippen LogP contribution in [-0.4, -0.2) is 38.2 Å². The minimum atomic E-state index is -0.475. The van der Waals surface area contributed by atoms with E-state index in [0.717, 1.165) is 5.69 Å². The molecule has 0 aliphatic carbocycles. The Morgan fingerprint density at radius 3 is 2.64 bits per heavy atom. The molecule has 0 bridgehead atoms. The number of para-hydroxylation sites is 1. The number of tetrazole rings is 1. The Morgan fingerprint density at radius 2 is 1.88 bits per heavy atom. The molecular formula is C15H14ClN7O2. The van der Waals surface area contributed by atoms with Gasteiger partial charge in [0.15, 0.2) is 0 Å². The van der Waals surface area contributed by atoms with E-state index >= 15 is 0 Å². The maximum absolute atomic E-state index is 11.1. The van der Waals surface area contributed by atoms with Crippen LogP contribution >= 0.6 is 11.6 Å². The number of nitro benzene ring substituents is 1. The number of halogens is 1. The van der Waals surface area contributed by atoms with Gasteiger partial charge in [-0.3, -0.25) is 10.1 Å². The van der Waals surface area contributed by atoms with E-state index in [1.54, 1.807) is 16.8 Å².